The lowest BCUT2D eigenvalue weighted by molar-refractivity contribution is 0.282. The van der Waals surface area contributed by atoms with Crippen LogP contribution in [0.2, 0.25) is 0 Å². The number of aliphatic hydroxyl groups excluding tert-OH is 1. The number of hydrogen-bond donors (Lipinski definition) is 1. The van der Waals surface area contributed by atoms with Gasteiger partial charge in [-0.25, -0.2) is 8.78 Å². The molecule has 1 N–H and O–H groups in total. The fourth-order valence-electron chi connectivity index (χ4n) is 1.65. The van der Waals surface area contributed by atoms with Gasteiger partial charge in [0.2, 0.25) is 0 Å². The van der Waals surface area contributed by atoms with Gasteiger partial charge < -0.3 is 5.11 Å². The van der Waals surface area contributed by atoms with E-state index in [0.29, 0.717) is 16.7 Å². The third-order valence-electron chi connectivity index (χ3n) is 2.62. The lowest BCUT2D eigenvalue weighted by atomic mass is 10.0. The Labute approximate surface area is 103 Å². The molecule has 0 saturated carbocycles. The van der Waals surface area contributed by atoms with Gasteiger partial charge in [0.15, 0.2) is 0 Å². The number of halogens is 2. The topological polar surface area (TPSA) is 44.0 Å². The minimum atomic E-state index is -0.876. The van der Waals surface area contributed by atoms with Gasteiger partial charge >= 0.3 is 0 Å². The first-order valence-corrected chi connectivity index (χ1v) is 5.25. The number of nitrogens with zero attached hydrogens (tertiary/aromatic N) is 1. The van der Waals surface area contributed by atoms with Gasteiger partial charge in [0, 0.05) is 0 Å². The molecule has 0 spiro atoms. The Kier molecular flexibility index (Phi) is 3.35. The number of benzene rings is 2. The highest BCUT2D eigenvalue weighted by Gasteiger charge is 2.11. The van der Waals surface area contributed by atoms with Crippen molar-refractivity contribution in [2.24, 2.45) is 0 Å². The molecule has 0 aliphatic heterocycles. The van der Waals surface area contributed by atoms with E-state index >= 15 is 0 Å². The van der Waals surface area contributed by atoms with Crippen LogP contribution >= 0.6 is 0 Å². The van der Waals surface area contributed by atoms with Gasteiger partial charge in [-0.05, 0) is 28.8 Å². The summed E-state index contributed by atoms with van der Waals surface area (Å²) in [5.41, 5.74) is 1.11. The van der Waals surface area contributed by atoms with Crippen LogP contribution in [0.4, 0.5) is 8.78 Å². The van der Waals surface area contributed by atoms with Crippen LogP contribution in [-0.2, 0) is 6.61 Å². The fraction of sp³-hybridized carbons (Fsp3) is 0.0714. The molecular weight excluding hydrogens is 236 g/mol. The van der Waals surface area contributed by atoms with E-state index in [1.54, 1.807) is 24.3 Å². The third kappa shape index (κ3) is 2.22. The summed E-state index contributed by atoms with van der Waals surface area (Å²) in [4.78, 5) is 0. The van der Waals surface area contributed by atoms with Crippen LogP contribution in [-0.4, -0.2) is 5.11 Å². The molecular formula is C14H9F2NO. The Morgan fingerprint density at radius 2 is 1.56 bits per heavy atom. The van der Waals surface area contributed by atoms with Crippen LogP contribution in [0.5, 0.6) is 0 Å². The molecule has 0 aliphatic rings. The minimum Gasteiger partial charge on any atom is -0.392 e. The molecule has 2 aromatic rings. The molecule has 0 aromatic heterocycles. The average molecular weight is 245 g/mol. The number of nitriles is 1. The largest absolute Gasteiger partial charge is 0.392 e. The van der Waals surface area contributed by atoms with Crippen molar-refractivity contribution in [2.45, 2.75) is 6.61 Å². The summed E-state index contributed by atoms with van der Waals surface area (Å²) < 4.78 is 26.9. The highest BCUT2D eigenvalue weighted by molar-refractivity contribution is 5.65. The van der Waals surface area contributed by atoms with Gasteiger partial charge in [-0.3, -0.25) is 0 Å². The number of aliphatic hydroxyl groups is 1. The van der Waals surface area contributed by atoms with Gasteiger partial charge in [0.05, 0.1) is 6.61 Å². The molecule has 0 unspecified atom stereocenters. The summed E-state index contributed by atoms with van der Waals surface area (Å²) in [6.45, 7) is -0.0869. The first-order valence-electron chi connectivity index (χ1n) is 5.25. The van der Waals surface area contributed by atoms with Gasteiger partial charge in [-0.2, -0.15) is 5.26 Å². The average Bonchev–Trinajstić information content (AvgIpc) is 2.38. The Hall–Kier alpha value is -2.25. The first kappa shape index (κ1) is 12.2. The maximum Gasteiger partial charge on any atom is 0.144 e. The Morgan fingerprint density at radius 3 is 2.00 bits per heavy atom. The van der Waals surface area contributed by atoms with Crippen molar-refractivity contribution in [2.75, 3.05) is 0 Å². The van der Waals surface area contributed by atoms with Crippen molar-refractivity contribution < 1.29 is 13.9 Å². The molecule has 2 aromatic carbocycles. The van der Waals surface area contributed by atoms with Crippen molar-refractivity contribution in [3.63, 3.8) is 0 Å². The smallest absolute Gasteiger partial charge is 0.144 e. The molecule has 0 heterocycles. The molecule has 0 aliphatic carbocycles. The van der Waals surface area contributed by atoms with E-state index in [4.69, 9.17) is 10.4 Å². The number of hydrogen-bond acceptors (Lipinski definition) is 2. The predicted molar refractivity (Wildman–Crippen MR) is 62.4 cm³/mol. The molecule has 90 valence electrons. The maximum absolute atomic E-state index is 13.4. The summed E-state index contributed by atoms with van der Waals surface area (Å²) in [5.74, 6) is -1.75. The standard InChI is InChI=1S/C14H9F2NO/c15-13-5-11(6-14(16)12(13)7-17)10-3-1-9(8-18)2-4-10/h1-6,18H,8H2. The zero-order valence-corrected chi connectivity index (χ0v) is 9.32. The Morgan fingerprint density at radius 1 is 1.00 bits per heavy atom. The fourth-order valence-corrected chi connectivity index (χ4v) is 1.65. The van der Waals surface area contributed by atoms with Crippen LogP contribution in [0.15, 0.2) is 36.4 Å². The second-order valence-corrected chi connectivity index (χ2v) is 3.78. The second kappa shape index (κ2) is 4.94. The Bertz CT molecular complexity index is 592. The molecule has 0 bridgehead atoms. The number of rotatable bonds is 2. The van der Waals surface area contributed by atoms with E-state index in [0.717, 1.165) is 12.1 Å². The van der Waals surface area contributed by atoms with Crippen molar-refractivity contribution in [1.29, 1.82) is 5.26 Å². The van der Waals surface area contributed by atoms with Crippen LogP contribution in [0.1, 0.15) is 11.1 Å². The summed E-state index contributed by atoms with van der Waals surface area (Å²) in [6.07, 6.45) is 0. The summed E-state index contributed by atoms with van der Waals surface area (Å²) >= 11 is 0. The predicted octanol–water partition coefficient (Wildman–Crippen LogP) is 3.00. The normalized spacial score (nSPS) is 10.1. The molecule has 0 saturated heterocycles. The lowest BCUT2D eigenvalue weighted by Crippen LogP contribution is -1.92. The lowest BCUT2D eigenvalue weighted by Gasteiger charge is -2.05. The molecule has 0 fully saturated rings. The third-order valence-corrected chi connectivity index (χ3v) is 2.62. The minimum absolute atomic E-state index is 0.0869. The summed E-state index contributed by atoms with van der Waals surface area (Å²) in [5, 5.41) is 17.5. The van der Waals surface area contributed by atoms with E-state index in [-0.39, 0.29) is 6.61 Å². The molecule has 2 nitrogen and oxygen atoms in total. The van der Waals surface area contributed by atoms with Gasteiger partial charge in [-0.1, -0.05) is 24.3 Å². The van der Waals surface area contributed by atoms with E-state index in [1.165, 1.54) is 6.07 Å². The molecule has 0 amide bonds. The summed E-state index contributed by atoms with van der Waals surface area (Å²) in [7, 11) is 0. The first-order chi connectivity index (χ1) is 8.65. The van der Waals surface area contributed by atoms with Crippen LogP contribution < -0.4 is 0 Å². The van der Waals surface area contributed by atoms with Crippen molar-refractivity contribution in [1.82, 2.24) is 0 Å². The molecule has 0 atom stereocenters. The maximum atomic E-state index is 13.4. The van der Waals surface area contributed by atoms with E-state index in [1.807, 2.05) is 0 Å². The van der Waals surface area contributed by atoms with Crippen molar-refractivity contribution >= 4 is 0 Å². The highest BCUT2D eigenvalue weighted by Crippen LogP contribution is 2.24. The monoisotopic (exact) mass is 245 g/mol. The second-order valence-electron chi connectivity index (χ2n) is 3.78. The molecule has 2 rings (SSSR count). The highest BCUT2D eigenvalue weighted by atomic mass is 19.1. The zero-order chi connectivity index (χ0) is 13.1. The van der Waals surface area contributed by atoms with E-state index in [2.05, 4.69) is 0 Å². The van der Waals surface area contributed by atoms with E-state index in [9.17, 15) is 8.78 Å². The molecule has 18 heavy (non-hydrogen) atoms. The molecule has 0 radical (unpaired) electrons. The van der Waals surface area contributed by atoms with E-state index < -0.39 is 17.2 Å². The van der Waals surface area contributed by atoms with Crippen LogP contribution in [0, 0.1) is 23.0 Å². The zero-order valence-electron chi connectivity index (χ0n) is 9.32. The summed E-state index contributed by atoms with van der Waals surface area (Å²) in [6, 6.07) is 10.4. The van der Waals surface area contributed by atoms with Gasteiger partial charge in [0.1, 0.15) is 23.3 Å². The molecule has 4 heteroatoms. The quantitative estimate of drug-likeness (QED) is 0.883. The Balaban J connectivity index is 2.48. The van der Waals surface area contributed by atoms with Crippen molar-refractivity contribution in [3.8, 4) is 17.2 Å². The van der Waals surface area contributed by atoms with Crippen LogP contribution in [0.3, 0.4) is 0 Å². The van der Waals surface area contributed by atoms with Gasteiger partial charge in [-0.15, -0.1) is 0 Å². The SMILES string of the molecule is N#Cc1c(F)cc(-c2ccc(CO)cc2)cc1F. The van der Waals surface area contributed by atoms with Gasteiger partial charge in [0.25, 0.3) is 0 Å². The van der Waals surface area contributed by atoms with Crippen LogP contribution in [0.25, 0.3) is 11.1 Å². The van der Waals surface area contributed by atoms with Crippen molar-refractivity contribution in [3.05, 3.63) is 59.2 Å².